The highest BCUT2D eigenvalue weighted by Crippen LogP contribution is 2.51. The van der Waals surface area contributed by atoms with Gasteiger partial charge in [0.2, 0.25) is 10.0 Å². The maximum absolute atomic E-state index is 14.2. The number of halogens is 1. The first kappa shape index (κ1) is 26.8. The minimum absolute atomic E-state index is 0.118. The molecule has 0 amide bonds. The van der Waals surface area contributed by atoms with Crippen molar-refractivity contribution in [2.75, 3.05) is 10.6 Å². The summed E-state index contributed by atoms with van der Waals surface area (Å²) < 4.78 is 47.4. The molecule has 196 valence electrons. The van der Waals surface area contributed by atoms with Crippen molar-refractivity contribution in [3.05, 3.63) is 70.2 Å². The van der Waals surface area contributed by atoms with Crippen LogP contribution < -0.4 is 4.31 Å². The van der Waals surface area contributed by atoms with Gasteiger partial charge in [0.25, 0.3) is 0 Å². The molecule has 1 aliphatic heterocycles. The second-order valence-electron chi connectivity index (χ2n) is 10.5. The van der Waals surface area contributed by atoms with E-state index in [-0.39, 0.29) is 6.54 Å². The number of fused-ring (bicyclic) bond motifs is 3. The SMILES string of the molecule is Cc1ccc(-c2c(C)c3c(c(C)c2[C@H](OC(C)(C)C)C(=O)O)N(S(C)(=O)=O)Cc2cc(F)cnc2-3)cc1. The molecule has 1 atom stereocenters. The fourth-order valence-electron chi connectivity index (χ4n) is 4.96. The van der Waals surface area contributed by atoms with Crippen molar-refractivity contribution in [2.45, 2.75) is 59.8 Å². The van der Waals surface area contributed by atoms with Gasteiger partial charge in [-0.2, -0.15) is 0 Å². The van der Waals surface area contributed by atoms with Gasteiger partial charge in [0.15, 0.2) is 6.10 Å². The fourth-order valence-corrected chi connectivity index (χ4v) is 5.89. The number of anilines is 1. The minimum Gasteiger partial charge on any atom is -0.479 e. The summed E-state index contributed by atoms with van der Waals surface area (Å²) in [5.41, 5.74) is 4.85. The number of carboxylic acids is 1. The van der Waals surface area contributed by atoms with Crippen LogP contribution in [0.2, 0.25) is 0 Å². The number of benzene rings is 2. The Balaban J connectivity index is 2.21. The Morgan fingerprint density at radius 3 is 2.27 bits per heavy atom. The Morgan fingerprint density at radius 1 is 1.11 bits per heavy atom. The topological polar surface area (TPSA) is 96.8 Å². The summed E-state index contributed by atoms with van der Waals surface area (Å²) in [7, 11) is -3.82. The van der Waals surface area contributed by atoms with Crippen LogP contribution >= 0.6 is 0 Å². The summed E-state index contributed by atoms with van der Waals surface area (Å²) in [6.45, 7) is 10.7. The number of hydrogen-bond acceptors (Lipinski definition) is 5. The third kappa shape index (κ3) is 4.98. The van der Waals surface area contributed by atoms with E-state index in [0.29, 0.717) is 44.8 Å². The van der Waals surface area contributed by atoms with Gasteiger partial charge in [-0.1, -0.05) is 29.8 Å². The molecule has 3 aromatic rings. The molecule has 4 rings (SSSR count). The molecular formula is C28H31FN2O5S. The normalized spacial score (nSPS) is 14.2. The largest absolute Gasteiger partial charge is 0.479 e. The van der Waals surface area contributed by atoms with Crippen LogP contribution in [-0.2, 0) is 26.1 Å². The molecule has 1 N–H and O–H groups in total. The number of carboxylic acid groups (broad SMARTS) is 1. The van der Waals surface area contributed by atoms with Gasteiger partial charge < -0.3 is 9.84 Å². The van der Waals surface area contributed by atoms with E-state index in [1.807, 2.05) is 38.1 Å². The number of pyridine rings is 1. The van der Waals surface area contributed by atoms with Crippen molar-refractivity contribution in [1.29, 1.82) is 0 Å². The molecule has 37 heavy (non-hydrogen) atoms. The Labute approximate surface area is 217 Å². The smallest absolute Gasteiger partial charge is 0.337 e. The first-order valence-corrected chi connectivity index (χ1v) is 13.7. The molecule has 1 aromatic heterocycles. The van der Waals surface area contributed by atoms with Crippen LogP contribution in [0.3, 0.4) is 0 Å². The number of aromatic nitrogens is 1. The number of nitrogens with zero attached hydrogens (tertiary/aromatic N) is 2. The first-order valence-electron chi connectivity index (χ1n) is 11.9. The average molecular weight is 527 g/mol. The summed E-state index contributed by atoms with van der Waals surface area (Å²) in [5, 5.41) is 10.3. The molecule has 0 saturated heterocycles. The Hall–Kier alpha value is -3.30. The van der Waals surface area contributed by atoms with E-state index in [1.165, 1.54) is 10.4 Å². The maximum atomic E-state index is 14.2. The van der Waals surface area contributed by atoms with Gasteiger partial charge in [-0.3, -0.25) is 9.29 Å². The monoisotopic (exact) mass is 526 g/mol. The minimum atomic E-state index is -3.82. The van der Waals surface area contributed by atoms with Crippen molar-refractivity contribution in [3.63, 3.8) is 0 Å². The number of sulfonamides is 1. The lowest BCUT2D eigenvalue weighted by Crippen LogP contribution is -2.35. The van der Waals surface area contributed by atoms with Crippen LogP contribution in [-0.4, -0.2) is 36.3 Å². The standard InChI is InChI=1S/C28H31FN2O5S/c1-15-8-10-18(11-9-15)21-16(2)23-24-19(12-20(29)13-30-24)14-31(37(7,34)35)25(23)17(3)22(21)26(27(32)33)36-28(4,5)6/h8-13,26H,14H2,1-7H3,(H,32,33)/t26-/m0/s1. The second kappa shape index (κ2) is 9.22. The van der Waals surface area contributed by atoms with Crippen molar-refractivity contribution in [2.24, 2.45) is 0 Å². The van der Waals surface area contributed by atoms with Gasteiger partial charge >= 0.3 is 5.97 Å². The zero-order valence-corrected chi connectivity index (χ0v) is 22.8. The van der Waals surface area contributed by atoms with E-state index in [0.717, 1.165) is 23.6 Å². The maximum Gasteiger partial charge on any atom is 0.337 e. The van der Waals surface area contributed by atoms with Crippen molar-refractivity contribution < 1.29 is 27.4 Å². The third-order valence-electron chi connectivity index (χ3n) is 6.45. The Kier molecular flexibility index (Phi) is 6.67. The highest BCUT2D eigenvalue weighted by atomic mass is 32.2. The van der Waals surface area contributed by atoms with Gasteiger partial charge in [0, 0.05) is 16.7 Å². The van der Waals surface area contributed by atoms with E-state index in [4.69, 9.17) is 4.74 Å². The number of aryl methyl sites for hydroxylation is 1. The molecule has 9 heteroatoms. The lowest BCUT2D eigenvalue weighted by atomic mass is 9.81. The van der Waals surface area contributed by atoms with E-state index in [9.17, 15) is 22.7 Å². The van der Waals surface area contributed by atoms with E-state index in [1.54, 1.807) is 27.7 Å². The molecule has 0 spiro atoms. The molecule has 0 bridgehead atoms. The van der Waals surface area contributed by atoms with Crippen LogP contribution in [0.5, 0.6) is 0 Å². The summed E-state index contributed by atoms with van der Waals surface area (Å²) in [4.78, 5) is 17.0. The Bertz CT molecular complexity index is 1510. The number of hydrogen-bond donors (Lipinski definition) is 1. The zero-order valence-electron chi connectivity index (χ0n) is 22.0. The molecule has 1 aliphatic rings. The lowest BCUT2D eigenvalue weighted by Gasteiger charge is -2.36. The average Bonchev–Trinajstić information content (AvgIpc) is 2.78. The molecule has 2 heterocycles. The Morgan fingerprint density at radius 2 is 1.73 bits per heavy atom. The summed E-state index contributed by atoms with van der Waals surface area (Å²) >= 11 is 0. The molecular weight excluding hydrogens is 495 g/mol. The highest BCUT2D eigenvalue weighted by molar-refractivity contribution is 7.92. The molecule has 0 unspecified atom stereocenters. The fraction of sp³-hybridized carbons (Fsp3) is 0.357. The first-order chi connectivity index (χ1) is 17.1. The van der Waals surface area contributed by atoms with Crippen LogP contribution in [0, 0.1) is 26.6 Å². The summed E-state index contributed by atoms with van der Waals surface area (Å²) in [6, 6.07) is 8.95. The van der Waals surface area contributed by atoms with Crippen LogP contribution in [0.25, 0.3) is 22.4 Å². The van der Waals surface area contributed by atoms with E-state index < -0.39 is 33.5 Å². The van der Waals surface area contributed by atoms with E-state index in [2.05, 4.69) is 4.98 Å². The highest BCUT2D eigenvalue weighted by Gasteiger charge is 2.39. The third-order valence-corrected chi connectivity index (χ3v) is 7.56. The van der Waals surface area contributed by atoms with Crippen LogP contribution in [0.1, 0.15) is 54.7 Å². The predicted octanol–water partition coefficient (Wildman–Crippen LogP) is 5.70. The summed E-state index contributed by atoms with van der Waals surface area (Å²) in [5.74, 6) is -1.75. The zero-order chi connectivity index (χ0) is 27.4. The second-order valence-corrected chi connectivity index (χ2v) is 12.4. The molecule has 0 fully saturated rings. The van der Waals surface area contributed by atoms with E-state index >= 15 is 0 Å². The van der Waals surface area contributed by atoms with Gasteiger partial charge in [-0.05, 0) is 69.9 Å². The van der Waals surface area contributed by atoms with Gasteiger partial charge in [-0.15, -0.1) is 0 Å². The molecule has 2 aromatic carbocycles. The van der Waals surface area contributed by atoms with Gasteiger partial charge in [0.05, 0.1) is 36.0 Å². The molecule has 0 aliphatic carbocycles. The van der Waals surface area contributed by atoms with Crippen molar-refractivity contribution in [3.8, 4) is 22.4 Å². The lowest BCUT2D eigenvalue weighted by molar-refractivity contribution is -0.160. The predicted molar refractivity (Wildman–Crippen MR) is 142 cm³/mol. The van der Waals surface area contributed by atoms with Gasteiger partial charge in [-0.25, -0.2) is 17.6 Å². The van der Waals surface area contributed by atoms with Crippen LogP contribution in [0.4, 0.5) is 10.1 Å². The number of carbonyl (C=O) groups is 1. The molecule has 0 radical (unpaired) electrons. The quantitative estimate of drug-likeness (QED) is 0.458. The molecule has 7 nitrogen and oxygen atoms in total. The van der Waals surface area contributed by atoms with Crippen molar-refractivity contribution in [1.82, 2.24) is 4.98 Å². The van der Waals surface area contributed by atoms with Crippen molar-refractivity contribution >= 4 is 21.7 Å². The molecule has 0 saturated carbocycles. The summed E-state index contributed by atoms with van der Waals surface area (Å²) in [6.07, 6.45) is 0.816. The van der Waals surface area contributed by atoms with Crippen LogP contribution in [0.15, 0.2) is 36.5 Å². The van der Waals surface area contributed by atoms with Gasteiger partial charge in [0.1, 0.15) is 5.82 Å². The number of ether oxygens (including phenoxy) is 1. The number of aliphatic carboxylic acids is 1. The number of rotatable bonds is 5.